The molecule has 0 aromatic heterocycles. The minimum absolute atomic E-state index is 0.0841. The van der Waals surface area contributed by atoms with Crippen molar-refractivity contribution in [1.29, 1.82) is 0 Å². The molecule has 1 nitrogen and oxygen atoms in total. The number of rotatable bonds is 5. The van der Waals surface area contributed by atoms with Crippen LogP contribution in [0, 0.1) is 0 Å². The van der Waals surface area contributed by atoms with E-state index in [-0.39, 0.29) is 17.6 Å². The van der Waals surface area contributed by atoms with Crippen molar-refractivity contribution in [2.45, 2.75) is 32.1 Å². The van der Waals surface area contributed by atoms with Crippen LogP contribution < -0.4 is 0 Å². The molecule has 2 rings (SSSR count). The minimum Gasteiger partial charge on any atom is -0.294 e. The molecule has 1 aromatic rings. The summed E-state index contributed by atoms with van der Waals surface area (Å²) in [4.78, 5) is 11.6. The van der Waals surface area contributed by atoms with Gasteiger partial charge in [-0.05, 0) is 12.0 Å². The lowest BCUT2D eigenvalue weighted by Gasteiger charge is -1.97. The van der Waals surface area contributed by atoms with Gasteiger partial charge in [-0.1, -0.05) is 43.7 Å². The summed E-state index contributed by atoms with van der Waals surface area (Å²) >= 11 is 0. The second-order valence-electron chi connectivity index (χ2n) is 4.22. The number of hydrogen-bond acceptors (Lipinski definition) is 1. The zero-order valence-electron chi connectivity index (χ0n) is 9.67. The highest BCUT2D eigenvalue weighted by atomic mass is 19.3. The quantitative estimate of drug-likeness (QED) is 0.759. The van der Waals surface area contributed by atoms with E-state index >= 15 is 0 Å². The summed E-state index contributed by atoms with van der Waals surface area (Å²) in [6.07, 6.45) is 1.73. The van der Waals surface area contributed by atoms with Crippen molar-refractivity contribution in [2.75, 3.05) is 0 Å². The summed E-state index contributed by atoms with van der Waals surface area (Å²) in [6.45, 7) is 1.94. The van der Waals surface area contributed by atoms with Crippen LogP contribution in [-0.2, 0) is 4.79 Å². The van der Waals surface area contributed by atoms with Crippen LogP contribution in [0.15, 0.2) is 35.9 Å². The molecule has 1 aliphatic carbocycles. The molecule has 90 valence electrons. The second-order valence-corrected chi connectivity index (χ2v) is 4.22. The van der Waals surface area contributed by atoms with E-state index in [2.05, 4.69) is 0 Å². The van der Waals surface area contributed by atoms with Crippen LogP contribution >= 0.6 is 0 Å². The van der Waals surface area contributed by atoms with Crippen molar-refractivity contribution in [1.82, 2.24) is 0 Å². The van der Waals surface area contributed by atoms with Crippen LogP contribution in [0.1, 0.15) is 31.7 Å². The Balaban J connectivity index is 2.21. The molecule has 3 heteroatoms. The molecule has 0 spiro atoms. The third-order valence-electron chi connectivity index (χ3n) is 2.91. The molecule has 0 aliphatic heterocycles. The zero-order valence-corrected chi connectivity index (χ0v) is 9.67. The average Bonchev–Trinajstić information content (AvgIpc) is 2.90. The molecule has 0 radical (unpaired) electrons. The maximum absolute atomic E-state index is 13.5. The number of Topliss-reactive ketones (excluding diaryl/α,β-unsaturated/α-hetero) is 1. The summed E-state index contributed by atoms with van der Waals surface area (Å²) in [6, 6.07) is 8.39. The number of allylic oxidation sites excluding steroid dienone is 2. The van der Waals surface area contributed by atoms with Gasteiger partial charge in [0.05, 0.1) is 5.57 Å². The molecule has 0 atom stereocenters. The van der Waals surface area contributed by atoms with Crippen LogP contribution in [0.3, 0.4) is 0 Å². The van der Waals surface area contributed by atoms with Crippen molar-refractivity contribution < 1.29 is 13.6 Å². The van der Waals surface area contributed by atoms with Crippen molar-refractivity contribution in [3.8, 4) is 0 Å². The molecule has 1 aliphatic rings. The van der Waals surface area contributed by atoms with Gasteiger partial charge in [-0.15, -0.1) is 0 Å². The molecule has 0 N–H and O–H groups in total. The number of ketones is 1. The highest BCUT2D eigenvalue weighted by Gasteiger charge is 2.59. The lowest BCUT2D eigenvalue weighted by Crippen LogP contribution is -2.05. The fourth-order valence-corrected chi connectivity index (χ4v) is 1.94. The van der Waals surface area contributed by atoms with E-state index < -0.39 is 11.7 Å². The third-order valence-corrected chi connectivity index (χ3v) is 2.91. The smallest absolute Gasteiger partial charge is 0.294 e. The molecule has 0 saturated carbocycles. The van der Waals surface area contributed by atoms with Gasteiger partial charge < -0.3 is 0 Å². The van der Waals surface area contributed by atoms with Gasteiger partial charge in [0.15, 0.2) is 5.78 Å². The molecular weight excluding hydrogens is 222 g/mol. The van der Waals surface area contributed by atoms with Gasteiger partial charge in [0.1, 0.15) is 0 Å². The number of hydrogen-bond donors (Lipinski definition) is 0. The fraction of sp³-hybridized carbons (Fsp3) is 0.357. The van der Waals surface area contributed by atoms with E-state index in [9.17, 15) is 13.6 Å². The van der Waals surface area contributed by atoms with E-state index in [1.54, 1.807) is 30.3 Å². The average molecular weight is 236 g/mol. The summed E-state index contributed by atoms with van der Waals surface area (Å²) < 4.78 is 27.1. The molecule has 0 saturated heterocycles. The first-order chi connectivity index (χ1) is 8.09. The standard InChI is InChI=1S/C14H14F2O/c1-2-3-9-11(17)13-12(14(13,15)16)10-7-5-4-6-8-10/h4-8H,2-3,9H2,1H3. The Morgan fingerprint density at radius 2 is 1.88 bits per heavy atom. The monoisotopic (exact) mass is 236 g/mol. The number of halogens is 2. The van der Waals surface area contributed by atoms with Crippen molar-refractivity contribution in [2.24, 2.45) is 0 Å². The van der Waals surface area contributed by atoms with Crippen LogP contribution in [0.25, 0.3) is 5.57 Å². The topological polar surface area (TPSA) is 17.1 Å². The number of carbonyl (C=O) groups is 1. The summed E-state index contributed by atoms with van der Waals surface area (Å²) in [5, 5.41) is 0. The SMILES string of the molecule is CCCCC(=O)C1=C(c2ccccc2)C1(F)F. The van der Waals surface area contributed by atoms with E-state index in [0.29, 0.717) is 12.0 Å². The largest absolute Gasteiger partial charge is 0.303 e. The number of carbonyl (C=O) groups excluding carboxylic acids is 1. The number of unbranched alkanes of at least 4 members (excludes halogenated alkanes) is 1. The van der Waals surface area contributed by atoms with Crippen LogP contribution in [0.4, 0.5) is 8.78 Å². The first kappa shape index (κ1) is 12.0. The molecule has 0 amide bonds. The van der Waals surface area contributed by atoms with Gasteiger partial charge in [0, 0.05) is 12.0 Å². The molecule has 17 heavy (non-hydrogen) atoms. The van der Waals surface area contributed by atoms with E-state index in [1.165, 1.54) is 0 Å². The lowest BCUT2D eigenvalue weighted by atomic mass is 10.1. The van der Waals surface area contributed by atoms with Gasteiger partial charge in [0.2, 0.25) is 0 Å². The first-order valence-corrected chi connectivity index (χ1v) is 5.80. The van der Waals surface area contributed by atoms with Crippen LogP contribution in [-0.4, -0.2) is 11.7 Å². The molecule has 0 unspecified atom stereocenters. The highest BCUT2D eigenvalue weighted by Crippen LogP contribution is 2.55. The molecule has 0 fully saturated rings. The molecule has 1 aromatic carbocycles. The van der Waals surface area contributed by atoms with Crippen LogP contribution in [0.5, 0.6) is 0 Å². The maximum atomic E-state index is 13.5. The Bertz CT molecular complexity index is 460. The van der Waals surface area contributed by atoms with Gasteiger partial charge >= 0.3 is 5.92 Å². The van der Waals surface area contributed by atoms with Crippen LogP contribution in [0.2, 0.25) is 0 Å². The molecule has 0 heterocycles. The lowest BCUT2D eigenvalue weighted by molar-refractivity contribution is -0.116. The molecular formula is C14H14F2O. The van der Waals surface area contributed by atoms with E-state index in [4.69, 9.17) is 0 Å². The van der Waals surface area contributed by atoms with E-state index in [0.717, 1.165) is 6.42 Å². The van der Waals surface area contributed by atoms with E-state index in [1.807, 2.05) is 6.92 Å². The van der Waals surface area contributed by atoms with Gasteiger partial charge in [0.25, 0.3) is 0 Å². The predicted molar refractivity (Wildman–Crippen MR) is 62.8 cm³/mol. The Morgan fingerprint density at radius 1 is 1.24 bits per heavy atom. The zero-order chi connectivity index (χ0) is 12.5. The Labute approximate surface area is 99.1 Å². The predicted octanol–water partition coefficient (Wildman–Crippen LogP) is 3.85. The normalized spacial score (nSPS) is 17.1. The Morgan fingerprint density at radius 3 is 2.47 bits per heavy atom. The van der Waals surface area contributed by atoms with Crippen molar-refractivity contribution >= 4 is 11.4 Å². The van der Waals surface area contributed by atoms with Gasteiger partial charge in [-0.3, -0.25) is 4.79 Å². The van der Waals surface area contributed by atoms with Crippen molar-refractivity contribution in [3.63, 3.8) is 0 Å². The van der Waals surface area contributed by atoms with Crippen molar-refractivity contribution in [3.05, 3.63) is 41.5 Å². The number of alkyl halides is 2. The van der Waals surface area contributed by atoms with Gasteiger partial charge in [-0.2, -0.15) is 8.78 Å². The maximum Gasteiger partial charge on any atom is 0.303 e. The summed E-state index contributed by atoms with van der Waals surface area (Å²) in [7, 11) is 0. The second kappa shape index (κ2) is 4.40. The fourth-order valence-electron chi connectivity index (χ4n) is 1.94. The third kappa shape index (κ3) is 2.14. The first-order valence-electron chi connectivity index (χ1n) is 5.80. The molecule has 0 bridgehead atoms. The number of benzene rings is 1. The summed E-state index contributed by atoms with van der Waals surface area (Å²) in [5.74, 6) is -3.41. The summed E-state index contributed by atoms with van der Waals surface area (Å²) in [5.41, 5.74) is 0.0914. The Hall–Kier alpha value is -1.51. The van der Waals surface area contributed by atoms with Gasteiger partial charge in [-0.25, -0.2) is 0 Å². The highest BCUT2D eigenvalue weighted by molar-refractivity contribution is 6.16. The minimum atomic E-state index is -3.01. The Kier molecular flexibility index (Phi) is 3.09.